The second kappa shape index (κ2) is 6.13. The van der Waals surface area contributed by atoms with Crippen LogP contribution in [0.4, 0.5) is 0 Å². The summed E-state index contributed by atoms with van der Waals surface area (Å²) in [7, 11) is 0. The Balaban J connectivity index is 2.08. The fourth-order valence-electron chi connectivity index (χ4n) is 4.32. The van der Waals surface area contributed by atoms with Crippen molar-refractivity contribution in [3.8, 4) is 0 Å². The molecule has 2 fully saturated rings. The molecule has 6 atom stereocenters. The van der Waals surface area contributed by atoms with Crippen LogP contribution in [0.1, 0.15) is 60.3 Å². The monoisotopic (exact) mass is 267 g/mol. The zero-order valence-electron chi connectivity index (χ0n) is 13.5. The van der Waals surface area contributed by atoms with Gasteiger partial charge in [0.15, 0.2) is 0 Å². The quantitative estimate of drug-likeness (QED) is 0.827. The van der Waals surface area contributed by atoms with Crippen LogP contribution in [0.25, 0.3) is 0 Å². The smallest absolute Gasteiger partial charge is 0.0695 e. The number of aliphatic hydroxyl groups excluding tert-OH is 1. The van der Waals surface area contributed by atoms with Gasteiger partial charge >= 0.3 is 0 Å². The van der Waals surface area contributed by atoms with Gasteiger partial charge in [-0.2, -0.15) is 0 Å². The van der Waals surface area contributed by atoms with E-state index in [1.807, 2.05) is 0 Å². The van der Waals surface area contributed by atoms with E-state index in [-0.39, 0.29) is 6.10 Å². The van der Waals surface area contributed by atoms with E-state index in [1.54, 1.807) is 0 Å². The molecular weight excluding hydrogens is 234 g/mol. The van der Waals surface area contributed by atoms with Gasteiger partial charge in [0.1, 0.15) is 0 Å². The van der Waals surface area contributed by atoms with Gasteiger partial charge in [0.05, 0.1) is 6.10 Å². The van der Waals surface area contributed by atoms with Crippen LogP contribution in [0.2, 0.25) is 0 Å². The minimum atomic E-state index is -0.102. The molecule has 1 N–H and O–H groups in total. The van der Waals surface area contributed by atoms with Crippen molar-refractivity contribution in [3.63, 3.8) is 0 Å². The predicted octanol–water partition coefficient (Wildman–Crippen LogP) is 3.54. The summed E-state index contributed by atoms with van der Waals surface area (Å²) in [5.41, 5.74) is 0. The summed E-state index contributed by atoms with van der Waals surface area (Å²) in [5.74, 6) is 3.09. The number of piperidine rings is 1. The molecule has 2 nitrogen and oxygen atoms in total. The Morgan fingerprint density at radius 2 is 1.74 bits per heavy atom. The predicted molar refractivity (Wildman–Crippen MR) is 81.1 cm³/mol. The fraction of sp³-hybridized carbons (Fsp3) is 1.00. The van der Waals surface area contributed by atoms with E-state index in [9.17, 15) is 5.11 Å². The molecule has 0 bridgehead atoms. The van der Waals surface area contributed by atoms with E-state index < -0.39 is 0 Å². The highest BCUT2D eigenvalue weighted by molar-refractivity contribution is 4.93. The number of rotatable bonds is 2. The summed E-state index contributed by atoms with van der Waals surface area (Å²) in [4.78, 5) is 2.64. The zero-order chi connectivity index (χ0) is 14.2. The normalized spacial score (nSPS) is 45.6. The maximum atomic E-state index is 10.5. The highest BCUT2D eigenvalue weighted by atomic mass is 16.3. The lowest BCUT2D eigenvalue weighted by Crippen LogP contribution is -2.56. The van der Waals surface area contributed by atoms with Crippen molar-refractivity contribution in [1.29, 1.82) is 0 Å². The highest BCUT2D eigenvalue weighted by Crippen LogP contribution is 2.37. The molecule has 19 heavy (non-hydrogen) atoms. The third kappa shape index (κ3) is 3.33. The van der Waals surface area contributed by atoms with E-state index >= 15 is 0 Å². The molecule has 0 aromatic carbocycles. The Hall–Kier alpha value is -0.0800. The van der Waals surface area contributed by atoms with E-state index in [1.165, 1.54) is 25.8 Å². The molecule has 0 aromatic heterocycles. The highest BCUT2D eigenvalue weighted by Gasteiger charge is 2.39. The Kier molecular flexibility index (Phi) is 4.94. The molecule has 1 heterocycles. The molecule has 0 aromatic rings. The molecule has 6 unspecified atom stereocenters. The van der Waals surface area contributed by atoms with Gasteiger partial charge in [0.25, 0.3) is 0 Å². The van der Waals surface area contributed by atoms with Crippen molar-refractivity contribution in [2.75, 3.05) is 6.54 Å². The van der Waals surface area contributed by atoms with Crippen LogP contribution in [0, 0.1) is 23.7 Å². The summed E-state index contributed by atoms with van der Waals surface area (Å²) in [6.45, 7) is 13.0. The van der Waals surface area contributed by atoms with Gasteiger partial charge in [-0.25, -0.2) is 0 Å². The Morgan fingerprint density at radius 3 is 2.37 bits per heavy atom. The van der Waals surface area contributed by atoms with Crippen LogP contribution in [0.5, 0.6) is 0 Å². The number of hydrogen-bond donors (Lipinski definition) is 1. The maximum absolute atomic E-state index is 10.5. The van der Waals surface area contributed by atoms with E-state index in [2.05, 4.69) is 39.5 Å². The molecule has 1 saturated carbocycles. The van der Waals surface area contributed by atoms with Crippen LogP contribution >= 0.6 is 0 Å². The molecule has 0 amide bonds. The lowest BCUT2D eigenvalue weighted by molar-refractivity contribution is -0.0527. The fourth-order valence-corrected chi connectivity index (χ4v) is 4.32. The second-order valence-corrected chi connectivity index (χ2v) is 7.71. The first-order chi connectivity index (χ1) is 8.90. The standard InChI is InChI=1S/C17H33NO/c1-11(2)15-6-7-17(19)16(9-15)18-10-12(3)8-13(4)14(18)5/h11-17,19H,6-10H2,1-5H3. The van der Waals surface area contributed by atoms with Gasteiger partial charge < -0.3 is 5.11 Å². The average Bonchev–Trinajstić information content (AvgIpc) is 2.34. The minimum absolute atomic E-state index is 0.102. The summed E-state index contributed by atoms with van der Waals surface area (Å²) < 4.78 is 0. The summed E-state index contributed by atoms with van der Waals surface area (Å²) in [6, 6.07) is 1.03. The lowest BCUT2D eigenvalue weighted by atomic mass is 9.75. The van der Waals surface area contributed by atoms with E-state index in [0.717, 1.165) is 30.1 Å². The first-order valence-corrected chi connectivity index (χ1v) is 8.34. The molecule has 2 heteroatoms. The average molecular weight is 267 g/mol. The van der Waals surface area contributed by atoms with Crippen LogP contribution in [0.3, 0.4) is 0 Å². The zero-order valence-corrected chi connectivity index (χ0v) is 13.5. The SMILES string of the molecule is CC1CC(C)C(C)N(C2CC(C(C)C)CCC2O)C1. The van der Waals surface area contributed by atoms with E-state index in [0.29, 0.717) is 12.1 Å². The number of aliphatic hydroxyl groups is 1. The summed E-state index contributed by atoms with van der Waals surface area (Å²) in [5, 5.41) is 10.5. The van der Waals surface area contributed by atoms with Crippen molar-refractivity contribution in [2.45, 2.75) is 78.5 Å². The third-order valence-electron chi connectivity index (χ3n) is 5.83. The summed E-state index contributed by atoms with van der Waals surface area (Å²) in [6.07, 6.45) is 4.65. The Labute approximate surface area is 119 Å². The van der Waals surface area contributed by atoms with Crippen molar-refractivity contribution >= 4 is 0 Å². The Morgan fingerprint density at radius 1 is 1.05 bits per heavy atom. The molecular formula is C17H33NO. The topological polar surface area (TPSA) is 23.5 Å². The first-order valence-electron chi connectivity index (χ1n) is 8.34. The van der Waals surface area contributed by atoms with Gasteiger partial charge in [-0.1, -0.05) is 27.7 Å². The molecule has 1 aliphatic carbocycles. The molecule has 1 saturated heterocycles. The van der Waals surface area contributed by atoms with Crippen molar-refractivity contribution < 1.29 is 5.11 Å². The molecule has 2 aliphatic rings. The van der Waals surface area contributed by atoms with Crippen LogP contribution in [0.15, 0.2) is 0 Å². The number of nitrogens with zero attached hydrogens (tertiary/aromatic N) is 1. The molecule has 112 valence electrons. The third-order valence-corrected chi connectivity index (χ3v) is 5.83. The molecule has 2 rings (SSSR count). The Bertz CT molecular complexity index is 291. The first kappa shape index (κ1) is 15.3. The van der Waals surface area contributed by atoms with Gasteiger partial charge in [0, 0.05) is 18.6 Å². The van der Waals surface area contributed by atoms with Crippen molar-refractivity contribution in [2.24, 2.45) is 23.7 Å². The van der Waals surface area contributed by atoms with Crippen molar-refractivity contribution in [1.82, 2.24) is 4.90 Å². The number of likely N-dealkylation sites (tertiary alicyclic amines) is 1. The minimum Gasteiger partial charge on any atom is -0.391 e. The van der Waals surface area contributed by atoms with E-state index in [4.69, 9.17) is 0 Å². The molecule has 0 spiro atoms. The number of hydrogen-bond acceptors (Lipinski definition) is 2. The van der Waals surface area contributed by atoms with Crippen molar-refractivity contribution in [3.05, 3.63) is 0 Å². The van der Waals surface area contributed by atoms with Crippen LogP contribution < -0.4 is 0 Å². The van der Waals surface area contributed by atoms with Gasteiger partial charge in [-0.05, 0) is 56.3 Å². The van der Waals surface area contributed by atoms with Crippen LogP contribution in [-0.2, 0) is 0 Å². The van der Waals surface area contributed by atoms with Gasteiger partial charge in [-0.15, -0.1) is 0 Å². The largest absolute Gasteiger partial charge is 0.391 e. The second-order valence-electron chi connectivity index (χ2n) is 7.71. The molecule has 1 aliphatic heterocycles. The van der Waals surface area contributed by atoms with Gasteiger partial charge in [-0.3, -0.25) is 4.90 Å². The molecule has 0 radical (unpaired) electrons. The van der Waals surface area contributed by atoms with Gasteiger partial charge in [0.2, 0.25) is 0 Å². The van der Waals surface area contributed by atoms with Crippen LogP contribution in [-0.4, -0.2) is 34.7 Å². The lowest BCUT2D eigenvalue weighted by Gasteiger charge is -2.49. The maximum Gasteiger partial charge on any atom is 0.0695 e. The summed E-state index contributed by atoms with van der Waals surface area (Å²) >= 11 is 0.